The zero-order chi connectivity index (χ0) is 22.6. The maximum absolute atomic E-state index is 12.3. The van der Waals surface area contributed by atoms with E-state index in [0.29, 0.717) is 38.0 Å². The Morgan fingerprint density at radius 3 is 2.58 bits per heavy atom. The molecular weight excluding hydrogens is 398 g/mol. The minimum absolute atomic E-state index is 0. The highest BCUT2D eigenvalue weighted by molar-refractivity contribution is 6.00. The number of piperidine rings is 2. The summed E-state index contributed by atoms with van der Waals surface area (Å²) in [5, 5.41) is 5.50. The number of hydrogen-bond donors (Lipinski definition) is 2. The van der Waals surface area contributed by atoms with Crippen LogP contribution in [0.1, 0.15) is 75.3 Å². The molecule has 2 fully saturated rings. The van der Waals surface area contributed by atoms with Crippen LogP contribution >= 0.6 is 0 Å². The van der Waals surface area contributed by atoms with E-state index in [2.05, 4.69) is 10.6 Å². The quantitative estimate of drug-likeness (QED) is 0.549. The highest BCUT2D eigenvalue weighted by Gasteiger charge is 2.28. The van der Waals surface area contributed by atoms with Gasteiger partial charge in [-0.1, -0.05) is 18.2 Å². The monoisotopic (exact) mass is 431 g/mol. The van der Waals surface area contributed by atoms with E-state index in [1.54, 1.807) is 4.90 Å². The molecule has 2 saturated heterocycles. The molecule has 0 saturated carbocycles. The largest absolute Gasteiger partial charge is 0.444 e. The van der Waals surface area contributed by atoms with E-state index in [1.807, 2.05) is 39.0 Å². The van der Waals surface area contributed by atoms with Gasteiger partial charge in [0.1, 0.15) is 11.9 Å². The van der Waals surface area contributed by atoms with Crippen LogP contribution in [0.25, 0.3) is 0 Å². The Labute approximate surface area is 184 Å². The summed E-state index contributed by atoms with van der Waals surface area (Å²) in [6, 6.07) is 5.34. The van der Waals surface area contributed by atoms with E-state index >= 15 is 0 Å². The number of nitrogens with one attached hydrogen (secondary N) is 2. The average Bonchev–Trinajstić information content (AvgIpc) is 2.72. The molecule has 8 nitrogen and oxygen atoms in total. The van der Waals surface area contributed by atoms with Gasteiger partial charge in [-0.15, -0.1) is 0 Å². The predicted octanol–water partition coefficient (Wildman–Crippen LogP) is 2.75. The average molecular weight is 432 g/mol. The smallest absolute Gasteiger partial charge is 0.410 e. The lowest BCUT2D eigenvalue weighted by atomic mass is 9.87. The van der Waals surface area contributed by atoms with Crippen molar-refractivity contribution in [1.29, 1.82) is 0 Å². The molecule has 3 amide bonds. The summed E-state index contributed by atoms with van der Waals surface area (Å²) in [6.07, 6.45) is 2.93. The summed E-state index contributed by atoms with van der Waals surface area (Å²) in [5.41, 5.74) is 2.01. The van der Waals surface area contributed by atoms with Gasteiger partial charge in [-0.3, -0.25) is 19.7 Å². The fraction of sp³-hybridized carbons (Fsp3) is 0.565. The van der Waals surface area contributed by atoms with Crippen molar-refractivity contribution in [3.8, 4) is 0 Å². The second kappa shape index (κ2) is 9.60. The first kappa shape index (κ1) is 22.9. The first-order valence-corrected chi connectivity index (χ1v) is 10.8. The van der Waals surface area contributed by atoms with Gasteiger partial charge in [0.25, 0.3) is 0 Å². The second-order valence-electron chi connectivity index (χ2n) is 9.20. The van der Waals surface area contributed by atoms with Crippen molar-refractivity contribution >= 4 is 24.2 Å². The fourth-order valence-corrected chi connectivity index (χ4v) is 3.99. The molecule has 1 aromatic carbocycles. The summed E-state index contributed by atoms with van der Waals surface area (Å²) < 4.78 is 5.46. The predicted molar refractivity (Wildman–Crippen MR) is 117 cm³/mol. The number of amides is 3. The molecule has 3 rings (SSSR count). The minimum atomic E-state index is -0.511. The topological polar surface area (TPSA) is 105 Å². The van der Waals surface area contributed by atoms with Gasteiger partial charge in [0.2, 0.25) is 11.8 Å². The number of ether oxygens (including phenoxy) is 1. The Bertz CT molecular complexity index is 860. The summed E-state index contributed by atoms with van der Waals surface area (Å²) in [6.45, 7) is 7.19. The molecule has 0 aromatic heterocycles. The van der Waals surface area contributed by atoms with Crippen molar-refractivity contribution < 1.29 is 25.3 Å². The lowest BCUT2D eigenvalue weighted by Crippen LogP contribution is -2.50. The van der Waals surface area contributed by atoms with Gasteiger partial charge in [-0.2, -0.15) is 0 Å². The van der Waals surface area contributed by atoms with Crippen LogP contribution in [-0.4, -0.2) is 53.8 Å². The molecular formula is C23H33N3O5. The number of aldehydes is 1. The fourth-order valence-electron chi connectivity index (χ4n) is 3.99. The molecule has 1 atom stereocenters. The van der Waals surface area contributed by atoms with Gasteiger partial charge < -0.3 is 15.0 Å². The molecule has 2 aliphatic rings. The normalized spacial score (nSPS) is 20.4. The van der Waals surface area contributed by atoms with Crippen molar-refractivity contribution in [2.45, 2.75) is 70.6 Å². The third-order valence-electron chi connectivity index (χ3n) is 5.69. The number of likely N-dealkylation sites (tertiary alicyclic amines) is 1. The molecule has 2 heterocycles. The number of nitrogens with zero attached hydrogens (tertiary/aromatic N) is 1. The van der Waals surface area contributed by atoms with Gasteiger partial charge in [0.05, 0.1) is 6.04 Å². The maximum Gasteiger partial charge on any atom is 0.410 e. The first-order valence-electron chi connectivity index (χ1n) is 10.8. The Morgan fingerprint density at radius 2 is 1.97 bits per heavy atom. The van der Waals surface area contributed by atoms with E-state index in [-0.39, 0.29) is 25.3 Å². The third-order valence-corrected chi connectivity index (χ3v) is 5.69. The molecule has 31 heavy (non-hydrogen) atoms. The molecule has 1 aromatic rings. The van der Waals surface area contributed by atoms with E-state index in [0.717, 1.165) is 30.3 Å². The van der Waals surface area contributed by atoms with E-state index in [4.69, 9.17) is 4.74 Å². The van der Waals surface area contributed by atoms with Crippen LogP contribution in [-0.2, 0) is 20.9 Å². The molecule has 0 radical (unpaired) electrons. The van der Waals surface area contributed by atoms with Crippen molar-refractivity contribution in [1.82, 2.24) is 15.5 Å². The van der Waals surface area contributed by atoms with Crippen LogP contribution in [0.2, 0.25) is 0 Å². The lowest BCUT2D eigenvalue weighted by molar-refractivity contribution is -0.134. The highest BCUT2D eigenvalue weighted by Crippen LogP contribution is 2.30. The Kier molecular flexibility index (Phi) is 7.10. The number of carbonyl (C=O) groups excluding carboxylic acids is 4. The van der Waals surface area contributed by atoms with Gasteiger partial charge in [0, 0.05) is 33.0 Å². The summed E-state index contributed by atoms with van der Waals surface area (Å²) >= 11 is 0. The minimum Gasteiger partial charge on any atom is -0.444 e. The molecule has 8 heteroatoms. The molecule has 1 unspecified atom stereocenters. The zero-order valence-corrected chi connectivity index (χ0v) is 18.4. The van der Waals surface area contributed by atoms with E-state index in [9.17, 15) is 19.2 Å². The van der Waals surface area contributed by atoms with Crippen LogP contribution in [0.3, 0.4) is 0 Å². The molecule has 0 spiro atoms. The highest BCUT2D eigenvalue weighted by atomic mass is 16.6. The summed E-state index contributed by atoms with van der Waals surface area (Å²) in [7, 11) is 0. The Hall–Kier alpha value is -2.74. The van der Waals surface area contributed by atoms with Crippen molar-refractivity contribution in [2.24, 2.45) is 0 Å². The first-order chi connectivity index (χ1) is 14.7. The summed E-state index contributed by atoms with van der Waals surface area (Å²) in [5.74, 6) is -0.292. The zero-order valence-electron chi connectivity index (χ0n) is 18.4. The van der Waals surface area contributed by atoms with E-state index < -0.39 is 11.6 Å². The number of carbonyl (C=O) groups is 4. The van der Waals surface area contributed by atoms with Crippen LogP contribution in [0.5, 0.6) is 0 Å². The third kappa shape index (κ3) is 6.13. The van der Waals surface area contributed by atoms with Crippen molar-refractivity contribution in [3.05, 3.63) is 34.9 Å². The summed E-state index contributed by atoms with van der Waals surface area (Å²) in [4.78, 5) is 48.8. The molecule has 2 N–H and O–H groups in total. The standard InChI is InChI=1S/C23H31N3O5.H2/c1-23(2,3)31-22(30)26-10-8-15(9-11-26)16-4-5-17(14-27)18(12-16)13-24-19-6-7-20(28)25-21(19)29;/h4-5,12,14-15,19,24H,6-11,13H2,1-3H3,(H,25,28,29);1H. The number of imide groups is 1. The maximum atomic E-state index is 12.3. The molecule has 2 aliphatic heterocycles. The van der Waals surface area contributed by atoms with Crippen LogP contribution in [0.15, 0.2) is 18.2 Å². The molecule has 0 bridgehead atoms. The lowest BCUT2D eigenvalue weighted by Gasteiger charge is -2.33. The molecule has 0 aliphatic carbocycles. The van der Waals surface area contributed by atoms with Gasteiger partial charge in [-0.05, 0) is 57.1 Å². The Balaban J connectivity index is 0.00000363. The van der Waals surface area contributed by atoms with E-state index in [1.165, 1.54) is 0 Å². The number of benzene rings is 1. The second-order valence-corrected chi connectivity index (χ2v) is 9.20. The molecule has 170 valence electrons. The van der Waals surface area contributed by atoms with Crippen molar-refractivity contribution in [3.63, 3.8) is 0 Å². The van der Waals surface area contributed by atoms with Gasteiger partial charge in [-0.25, -0.2) is 4.79 Å². The van der Waals surface area contributed by atoms with Gasteiger partial charge >= 0.3 is 6.09 Å². The van der Waals surface area contributed by atoms with Crippen LogP contribution in [0, 0.1) is 0 Å². The van der Waals surface area contributed by atoms with Crippen LogP contribution in [0.4, 0.5) is 4.79 Å². The van der Waals surface area contributed by atoms with Crippen molar-refractivity contribution in [2.75, 3.05) is 13.1 Å². The van der Waals surface area contributed by atoms with Gasteiger partial charge in [0.15, 0.2) is 0 Å². The SMILES string of the molecule is CC(C)(C)OC(=O)N1CCC(c2ccc(C=O)c(CNC3CCC(=O)NC3=O)c2)CC1.[HH]. The van der Waals surface area contributed by atoms with Crippen LogP contribution < -0.4 is 10.6 Å². The Morgan fingerprint density at radius 1 is 1.26 bits per heavy atom. The number of hydrogen-bond acceptors (Lipinski definition) is 6. The number of rotatable bonds is 5.